The molecule has 0 radical (unpaired) electrons. The van der Waals surface area contributed by atoms with Crippen molar-refractivity contribution in [2.45, 2.75) is 27.7 Å². The van der Waals surface area contributed by atoms with Gasteiger partial charge in [0.05, 0.1) is 17.0 Å². The standard InChI is InChI=1S/C19H20N4O2S/c1-10-6-7-14(11(2)8-10)15-9-26-19(20-15)21-18(25)17(24)16-12(3)22-23(5)13(16)4/h6-9H,1-5H3,(H,20,21,25). The van der Waals surface area contributed by atoms with Crippen LogP contribution in [-0.4, -0.2) is 26.5 Å². The molecule has 0 aliphatic carbocycles. The van der Waals surface area contributed by atoms with E-state index in [0.29, 0.717) is 22.1 Å². The largest absolute Gasteiger partial charge is 0.298 e. The van der Waals surface area contributed by atoms with E-state index in [4.69, 9.17) is 0 Å². The van der Waals surface area contributed by atoms with Crippen LogP contribution in [0.3, 0.4) is 0 Å². The minimum absolute atomic E-state index is 0.344. The third-order valence-electron chi connectivity index (χ3n) is 4.32. The predicted octanol–water partition coefficient (Wildman–Crippen LogP) is 3.60. The number of aryl methyl sites for hydroxylation is 4. The number of amides is 1. The highest BCUT2D eigenvalue weighted by atomic mass is 32.1. The van der Waals surface area contributed by atoms with E-state index < -0.39 is 11.7 Å². The van der Waals surface area contributed by atoms with E-state index >= 15 is 0 Å². The first kappa shape index (κ1) is 18.0. The van der Waals surface area contributed by atoms with Crippen molar-refractivity contribution in [2.75, 3.05) is 5.32 Å². The van der Waals surface area contributed by atoms with Gasteiger partial charge in [0, 0.05) is 23.7 Å². The molecule has 0 spiro atoms. The summed E-state index contributed by atoms with van der Waals surface area (Å²) >= 11 is 1.30. The summed E-state index contributed by atoms with van der Waals surface area (Å²) in [6, 6.07) is 6.13. The van der Waals surface area contributed by atoms with E-state index in [1.807, 2.05) is 31.4 Å². The summed E-state index contributed by atoms with van der Waals surface area (Å²) in [5.74, 6) is -1.30. The lowest BCUT2D eigenvalue weighted by atomic mass is 10.0. The van der Waals surface area contributed by atoms with Crippen LogP contribution in [0.25, 0.3) is 11.3 Å². The van der Waals surface area contributed by atoms with Crippen molar-refractivity contribution in [1.29, 1.82) is 0 Å². The first-order chi connectivity index (χ1) is 12.3. The molecule has 1 N–H and O–H groups in total. The second-order valence-corrected chi connectivity index (χ2v) is 7.17. The van der Waals surface area contributed by atoms with E-state index in [9.17, 15) is 9.59 Å². The lowest BCUT2D eigenvalue weighted by Gasteiger charge is -2.04. The number of anilines is 1. The molecule has 26 heavy (non-hydrogen) atoms. The molecule has 0 aliphatic rings. The number of nitrogens with one attached hydrogen (secondary N) is 1. The maximum Gasteiger partial charge on any atom is 0.298 e. The fourth-order valence-corrected chi connectivity index (χ4v) is 3.63. The van der Waals surface area contributed by atoms with Crippen LogP contribution in [0.4, 0.5) is 5.13 Å². The molecule has 134 valence electrons. The topological polar surface area (TPSA) is 76.9 Å². The Bertz CT molecular complexity index is 1020. The van der Waals surface area contributed by atoms with Crippen LogP contribution in [0.1, 0.15) is 32.9 Å². The highest BCUT2D eigenvalue weighted by Crippen LogP contribution is 2.28. The smallest absolute Gasteiger partial charge is 0.295 e. The Hall–Kier alpha value is -2.80. The van der Waals surface area contributed by atoms with Crippen LogP contribution in [0, 0.1) is 27.7 Å². The molecule has 6 nitrogen and oxygen atoms in total. The lowest BCUT2D eigenvalue weighted by molar-refractivity contribution is -0.112. The van der Waals surface area contributed by atoms with Gasteiger partial charge in [-0.15, -0.1) is 11.3 Å². The van der Waals surface area contributed by atoms with Gasteiger partial charge in [-0.3, -0.25) is 19.6 Å². The summed E-state index contributed by atoms with van der Waals surface area (Å²) in [5.41, 5.74) is 5.64. The highest BCUT2D eigenvalue weighted by molar-refractivity contribution is 7.14. The van der Waals surface area contributed by atoms with E-state index in [0.717, 1.165) is 16.8 Å². The fraction of sp³-hybridized carbons (Fsp3) is 0.263. The number of hydrogen-bond donors (Lipinski definition) is 1. The lowest BCUT2D eigenvalue weighted by Crippen LogP contribution is -2.23. The van der Waals surface area contributed by atoms with Gasteiger partial charge >= 0.3 is 0 Å². The minimum Gasteiger partial charge on any atom is -0.295 e. The van der Waals surface area contributed by atoms with Gasteiger partial charge in [-0.1, -0.05) is 23.8 Å². The van der Waals surface area contributed by atoms with Gasteiger partial charge in [-0.05, 0) is 33.3 Å². The SMILES string of the molecule is Cc1ccc(-c2csc(NC(=O)C(=O)c3c(C)nn(C)c3C)n2)c(C)c1. The Morgan fingerprint density at radius 1 is 1.15 bits per heavy atom. The van der Waals surface area contributed by atoms with Gasteiger partial charge in [-0.2, -0.15) is 5.10 Å². The molecule has 0 saturated heterocycles. The van der Waals surface area contributed by atoms with Crippen LogP contribution in [-0.2, 0) is 11.8 Å². The molecule has 2 aromatic heterocycles. The number of rotatable bonds is 4. The van der Waals surface area contributed by atoms with E-state index in [-0.39, 0.29) is 0 Å². The zero-order chi connectivity index (χ0) is 19.0. The van der Waals surface area contributed by atoms with Gasteiger partial charge in [0.1, 0.15) is 0 Å². The van der Waals surface area contributed by atoms with E-state index in [2.05, 4.69) is 21.5 Å². The van der Waals surface area contributed by atoms with E-state index in [1.165, 1.54) is 16.9 Å². The monoisotopic (exact) mass is 368 g/mol. The molecule has 0 bridgehead atoms. The first-order valence-corrected chi connectivity index (χ1v) is 9.05. The van der Waals surface area contributed by atoms with Crippen LogP contribution in [0.15, 0.2) is 23.6 Å². The van der Waals surface area contributed by atoms with Crippen LogP contribution in [0.5, 0.6) is 0 Å². The molecule has 2 heterocycles. The van der Waals surface area contributed by atoms with Gasteiger partial charge in [0.2, 0.25) is 0 Å². The molecule has 0 aliphatic heterocycles. The van der Waals surface area contributed by atoms with Gasteiger partial charge in [-0.25, -0.2) is 4.98 Å². The zero-order valence-electron chi connectivity index (χ0n) is 15.4. The molecular weight excluding hydrogens is 348 g/mol. The summed E-state index contributed by atoms with van der Waals surface area (Å²) in [6.07, 6.45) is 0. The summed E-state index contributed by atoms with van der Waals surface area (Å²) in [6.45, 7) is 7.55. The summed E-state index contributed by atoms with van der Waals surface area (Å²) < 4.78 is 1.59. The maximum atomic E-state index is 12.5. The van der Waals surface area contributed by atoms with Crippen molar-refractivity contribution in [3.8, 4) is 11.3 Å². The Morgan fingerprint density at radius 2 is 1.88 bits per heavy atom. The number of ketones is 1. The van der Waals surface area contributed by atoms with Crippen LogP contribution < -0.4 is 5.32 Å². The molecule has 1 aromatic carbocycles. The molecule has 3 rings (SSSR count). The highest BCUT2D eigenvalue weighted by Gasteiger charge is 2.24. The van der Waals surface area contributed by atoms with E-state index in [1.54, 1.807) is 25.6 Å². The normalized spacial score (nSPS) is 10.8. The average Bonchev–Trinajstić information content (AvgIpc) is 3.12. The fourth-order valence-electron chi connectivity index (χ4n) is 2.93. The molecule has 0 unspecified atom stereocenters. The number of Topliss-reactive ketones (excluding diaryl/α,β-unsaturated/α-hetero) is 1. The third kappa shape index (κ3) is 3.30. The molecule has 0 saturated carbocycles. The second-order valence-electron chi connectivity index (χ2n) is 6.31. The number of aromatic nitrogens is 3. The number of carbonyl (C=O) groups is 2. The Kier molecular flexibility index (Phi) is 4.73. The second kappa shape index (κ2) is 6.84. The van der Waals surface area contributed by atoms with Crippen molar-refractivity contribution in [3.63, 3.8) is 0 Å². The Morgan fingerprint density at radius 3 is 2.50 bits per heavy atom. The van der Waals surface area contributed by atoms with Crippen molar-refractivity contribution >= 4 is 28.2 Å². The zero-order valence-corrected chi connectivity index (χ0v) is 16.2. The van der Waals surface area contributed by atoms with Crippen molar-refractivity contribution in [2.24, 2.45) is 7.05 Å². The average molecular weight is 368 g/mol. The number of nitrogens with zero attached hydrogens (tertiary/aromatic N) is 3. The third-order valence-corrected chi connectivity index (χ3v) is 5.08. The number of benzene rings is 1. The van der Waals surface area contributed by atoms with Gasteiger partial charge < -0.3 is 0 Å². The molecule has 0 fully saturated rings. The Labute approximate surface area is 155 Å². The van der Waals surface area contributed by atoms with Gasteiger partial charge in [0.25, 0.3) is 11.7 Å². The first-order valence-electron chi connectivity index (χ1n) is 8.17. The molecule has 1 amide bonds. The van der Waals surface area contributed by atoms with Gasteiger partial charge in [0.15, 0.2) is 5.13 Å². The van der Waals surface area contributed by atoms with Crippen LogP contribution in [0.2, 0.25) is 0 Å². The number of hydrogen-bond acceptors (Lipinski definition) is 5. The minimum atomic E-state index is -0.703. The predicted molar refractivity (Wildman–Crippen MR) is 103 cm³/mol. The number of thiazole rings is 1. The Balaban J connectivity index is 1.80. The number of carbonyl (C=O) groups excluding carboxylic acids is 2. The van der Waals surface area contributed by atoms with Crippen molar-refractivity contribution < 1.29 is 9.59 Å². The molecule has 3 aromatic rings. The van der Waals surface area contributed by atoms with Crippen molar-refractivity contribution in [1.82, 2.24) is 14.8 Å². The molecular formula is C19H20N4O2S. The maximum absolute atomic E-state index is 12.5. The van der Waals surface area contributed by atoms with Crippen molar-refractivity contribution in [3.05, 3.63) is 51.7 Å². The summed E-state index contributed by atoms with van der Waals surface area (Å²) in [7, 11) is 1.74. The molecule has 0 atom stereocenters. The van der Waals surface area contributed by atoms with Crippen LogP contribution >= 0.6 is 11.3 Å². The quantitative estimate of drug-likeness (QED) is 0.564. The summed E-state index contributed by atoms with van der Waals surface area (Å²) in [4.78, 5) is 29.3. The summed E-state index contributed by atoms with van der Waals surface area (Å²) in [5, 5.41) is 9.07. The molecule has 7 heteroatoms.